The zero-order chi connectivity index (χ0) is 25.7. The van der Waals surface area contributed by atoms with Crippen LogP contribution in [-0.4, -0.2) is 29.8 Å². The number of hydrogen-bond donors (Lipinski definition) is 2. The van der Waals surface area contributed by atoms with Gasteiger partial charge in [-0.2, -0.15) is 0 Å². The molecule has 0 bridgehead atoms. The van der Waals surface area contributed by atoms with Crippen molar-refractivity contribution >= 4 is 23.7 Å². The summed E-state index contributed by atoms with van der Waals surface area (Å²) in [5, 5.41) is 5.89. The molecule has 0 radical (unpaired) electrons. The van der Waals surface area contributed by atoms with Crippen LogP contribution < -0.4 is 15.4 Å². The van der Waals surface area contributed by atoms with Crippen LogP contribution in [0.1, 0.15) is 116 Å². The molecule has 0 spiro atoms. The molecule has 3 aliphatic rings. The molecule has 2 aliphatic carbocycles. The van der Waals surface area contributed by atoms with Crippen molar-refractivity contribution in [3.05, 3.63) is 24.3 Å². The van der Waals surface area contributed by atoms with E-state index < -0.39 is 0 Å². The highest BCUT2D eigenvalue weighted by atomic mass is 32.2. The highest BCUT2D eigenvalue weighted by molar-refractivity contribution is 8.00. The van der Waals surface area contributed by atoms with Crippen molar-refractivity contribution in [1.29, 1.82) is 0 Å². The first kappa shape index (κ1) is 28.3. The molecular formula is C31H48N2O3S. The van der Waals surface area contributed by atoms with Crippen molar-refractivity contribution < 1.29 is 14.3 Å². The molecule has 4 rings (SSSR count). The molecule has 6 heteroatoms. The lowest BCUT2D eigenvalue weighted by Gasteiger charge is -2.21. The quantitative estimate of drug-likeness (QED) is 0.367. The van der Waals surface area contributed by atoms with Crippen molar-refractivity contribution in [3.8, 4) is 5.75 Å². The van der Waals surface area contributed by atoms with Crippen LogP contribution in [0.5, 0.6) is 5.75 Å². The molecule has 1 aromatic rings. The van der Waals surface area contributed by atoms with Gasteiger partial charge in [-0.1, -0.05) is 77.0 Å². The zero-order valence-electron chi connectivity index (χ0n) is 22.7. The number of amides is 3. The molecule has 3 fully saturated rings. The summed E-state index contributed by atoms with van der Waals surface area (Å²) in [4.78, 5) is 25.1. The van der Waals surface area contributed by atoms with E-state index in [-0.39, 0.29) is 23.9 Å². The first-order valence-electron chi connectivity index (χ1n) is 15.2. The van der Waals surface area contributed by atoms with Gasteiger partial charge in [0.1, 0.15) is 11.8 Å². The van der Waals surface area contributed by atoms with E-state index in [9.17, 15) is 9.59 Å². The number of carbonyl (C=O) groups is 2. The Morgan fingerprint density at radius 2 is 1.24 bits per heavy atom. The molecule has 3 amide bonds. The number of carbonyl (C=O) groups excluding carboxylic acids is 2. The van der Waals surface area contributed by atoms with Crippen molar-refractivity contribution in [1.82, 2.24) is 10.6 Å². The Bertz CT molecular complexity index is 820. The summed E-state index contributed by atoms with van der Waals surface area (Å²) in [6.07, 6.45) is 22.7. The van der Waals surface area contributed by atoms with Crippen LogP contribution >= 0.6 is 11.8 Å². The van der Waals surface area contributed by atoms with Gasteiger partial charge in [0.05, 0.1) is 6.61 Å². The minimum atomic E-state index is -0.333. The van der Waals surface area contributed by atoms with E-state index in [0.717, 1.165) is 38.0 Å². The predicted octanol–water partition coefficient (Wildman–Crippen LogP) is 8.02. The van der Waals surface area contributed by atoms with Gasteiger partial charge in [0.15, 0.2) is 0 Å². The maximum Gasteiger partial charge on any atom is 0.322 e. The normalized spacial score (nSPS) is 27.5. The number of benzene rings is 1. The summed E-state index contributed by atoms with van der Waals surface area (Å²) in [6, 6.07) is 8.16. The Labute approximate surface area is 228 Å². The Balaban J connectivity index is 1.21. The van der Waals surface area contributed by atoms with Gasteiger partial charge in [0, 0.05) is 10.1 Å². The molecule has 3 unspecified atom stereocenters. The fourth-order valence-corrected chi connectivity index (χ4v) is 7.57. The number of hydrogen-bond acceptors (Lipinski definition) is 4. The molecule has 1 aliphatic heterocycles. The molecule has 3 atom stereocenters. The van der Waals surface area contributed by atoms with Crippen LogP contribution in [0.3, 0.4) is 0 Å². The predicted molar refractivity (Wildman–Crippen MR) is 152 cm³/mol. The molecular weight excluding hydrogens is 480 g/mol. The number of imide groups is 1. The van der Waals surface area contributed by atoms with E-state index in [1.54, 1.807) is 0 Å². The summed E-state index contributed by atoms with van der Waals surface area (Å²) < 4.78 is 6.24. The van der Waals surface area contributed by atoms with Gasteiger partial charge in [-0.25, -0.2) is 4.79 Å². The highest BCUT2D eigenvalue weighted by Gasteiger charge is 2.35. The number of thioether (sulfide) groups is 1. The van der Waals surface area contributed by atoms with Crippen LogP contribution in [0.2, 0.25) is 0 Å². The molecule has 206 valence electrons. The fraction of sp³-hybridized carbons (Fsp3) is 0.742. The van der Waals surface area contributed by atoms with E-state index >= 15 is 0 Å². The summed E-state index contributed by atoms with van der Waals surface area (Å²) in [5.74, 6) is 1.84. The topological polar surface area (TPSA) is 67.4 Å². The lowest BCUT2D eigenvalue weighted by molar-refractivity contribution is -0.121. The van der Waals surface area contributed by atoms with Gasteiger partial charge >= 0.3 is 6.03 Å². The summed E-state index contributed by atoms with van der Waals surface area (Å²) in [6.45, 7) is 0.863. The Hall–Kier alpha value is -1.69. The van der Waals surface area contributed by atoms with E-state index in [1.807, 2.05) is 11.8 Å². The number of ether oxygens (including phenoxy) is 1. The van der Waals surface area contributed by atoms with E-state index in [2.05, 4.69) is 34.9 Å². The second-order valence-corrected chi connectivity index (χ2v) is 12.9. The van der Waals surface area contributed by atoms with E-state index in [4.69, 9.17) is 4.74 Å². The van der Waals surface area contributed by atoms with Crippen molar-refractivity contribution in [2.75, 3.05) is 6.61 Å². The van der Waals surface area contributed by atoms with Crippen LogP contribution in [0, 0.1) is 11.8 Å². The second-order valence-electron chi connectivity index (χ2n) is 11.6. The minimum Gasteiger partial charge on any atom is -0.493 e. The smallest absolute Gasteiger partial charge is 0.322 e. The van der Waals surface area contributed by atoms with Crippen LogP contribution in [0.4, 0.5) is 4.79 Å². The van der Waals surface area contributed by atoms with Crippen LogP contribution in [0.15, 0.2) is 29.2 Å². The molecule has 37 heavy (non-hydrogen) atoms. The molecule has 1 aromatic carbocycles. The van der Waals surface area contributed by atoms with Gasteiger partial charge in [-0.15, -0.1) is 11.8 Å². The maximum absolute atomic E-state index is 12.1. The van der Waals surface area contributed by atoms with Crippen molar-refractivity contribution in [2.24, 2.45) is 11.8 Å². The average molecular weight is 529 g/mol. The van der Waals surface area contributed by atoms with Gasteiger partial charge in [0.25, 0.3) is 5.91 Å². The first-order chi connectivity index (χ1) is 18.2. The molecule has 5 nitrogen and oxygen atoms in total. The Kier molecular flexibility index (Phi) is 12.0. The summed E-state index contributed by atoms with van der Waals surface area (Å²) in [5.41, 5.74) is 0. The van der Waals surface area contributed by atoms with Crippen molar-refractivity contribution in [3.63, 3.8) is 0 Å². The highest BCUT2D eigenvalue weighted by Crippen LogP contribution is 2.34. The molecule has 2 saturated carbocycles. The van der Waals surface area contributed by atoms with Crippen LogP contribution in [-0.2, 0) is 4.79 Å². The maximum atomic E-state index is 12.1. The average Bonchev–Trinajstić information content (AvgIpc) is 3.22. The standard InChI is InChI=1S/C31H48N2O3S/c34-30-29(32-31(35)33-30)25-15-9-6-10-17-27(18-12-11-16-25)37-28-21-19-26(20-22-28)36-23-24-13-7-4-2-1-3-5-8-14-24/h19-22,24-25,27,29H,1-18,23H2,(H2,32,33,34,35). The molecule has 1 saturated heterocycles. The monoisotopic (exact) mass is 528 g/mol. The summed E-state index contributed by atoms with van der Waals surface area (Å²) >= 11 is 2.02. The molecule has 0 aromatic heterocycles. The molecule has 1 heterocycles. The Morgan fingerprint density at radius 3 is 1.89 bits per heavy atom. The fourth-order valence-electron chi connectivity index (χ4n) is 6.32. The lowest BCUT2D eigenvalue weighted by Crippen LogP contribution is -2.37. The van der Waals surface area contributed by atoms with Crippen LogP contribution in [0.25, 0.3) is 0 Å². The third-order valence-electron chi connectivity index (χ3n) is 8.57. The van der Waals surface area contributed by atoms with Gasteiger partial charge in [-0.3, -0.25) is 10.1 Å². The van der Waals surface area contributed by atoms with Crippen molar-refractivity contribution in [2.45, 2.75) is 132 Å². The second kappa shape index (κ2) is 15.7. The lowest BCUT2D eigenvalue weighted by atomic mass is 9.88. The van der Waals surface area contributed by atoms with E-state index in [0.29, 0.717) is 11.2 Å². The first-order valence-corrected chi connectivity index (χ1v) is 16.1. The van der Waals surface area contributed by atoms with Gasteiger partial charge in [-0.05, 0) is 74.6 Å². The zero-order valence-corrected chi connectivity index (χ0v) is 23.5. The largest absolute Gasteiger partial charge is 0.493 e. The van der Waals surface area contributed by atoms with Gasteiger partial charge < -0.3 is 10.1 Å². The number of urea groups is 1. The Morgan fingerprint density at radius 1 is 0.703 bits per heavy atom. The van der Waals surface area contributed by atoms with E-state index in [1.165, 1.54) is 94.8 Å². The number of rotatable bonds is 6. The minimum absolute atomic E-state index is 0.138. The summed E-state index contributed by atoms with van der Waals surface area (Å²) in [7, 11) is 0. The third kappa shape index (κ3) is 9.85. The third-order valence-corrected chi connectivity index (χ3v) is 9.92. The van der Waals surface area contributed by atoms with Gasteiger partial charge in [0.2, 0.25) is 0 Å². The number of nitrogens with one attached hydrogen (secondary N) is 2. The SMILES string of the molecule is O=C1NC(=O)C(C2CCCCCC(Sc3ccc(OCC4CCCCCCCCC4)cc3)CCCC2)N1. The molecule has 2 N–H and O–H groups in total.